The summed E-state index contributed by atoms with van der Waals surface area (Å²) in [7, 11) is 1.54. The maximum Gasteiger partial charge on any atom is 0.255 e. The number of methoxy groups -OCH3 is 1. The average Bonchev–Trinajstić information content (AvgIpc) is 2.39. The molecule has 19 heavy (non-hydrogen) atoms. The summed E-state index contributed by atoms with van der Waals surface area (Å²) < 4.78 is 4.95. The maximum absolute atomic E-state index is 12.1. The predicted octanol–water partition coefficient (Wildman–Crippen LogP) is 2.23. The number of amides is 1. The molecule has 0 aliphatic rings. The smallest absolute Gasteiger partial charge is 0.255 e. The van der Waals surface area contributed by atoms with Gasteiger partial charge in [-0.25, -0.2) is 4.98 Å². The van der Waals surface area contributed by atoms with Crippen LogP contribution in [0.1, 0.15) is 15.9 Å². The van der Waals surface area contributed by atoms with Crippen LogP contribution in [0.3, 0.4) is 0 Å². The molecule has 2 aromatic rings. The Morgan fingerprint density at radius 3 is 2.68 bits per heavy atom. The Balaban J connectivity index is 2.15. The number of pyridine rings is 1. The first-order valence-corrected chi connectivity index (χ1v) is 5.77. The highest BCUT2D eigenvalue weighted by Crippen LogP contribution is 2.16. The molecule has 0 bridgehead atoms. The van der Waals surface area contributed by atoms with Gasteiger partial charge >= 0.3 is 0 Å². The van der Waals surface area contributed by atoms with E-state index in [2.05, 4.69) is 10.3 Å². The van der Waals surface area contributed by atoms with Crippen LogP contribution in [0.4, 0.5) is 11.4 Å². The molecule has 0 saturated carbocycles. The number of rotatable bonds is 3. The van der Waals surface area contributed by atoms with Gasteiger partial charge in [-0.2, -0.15) is 0 Å². The molecule has 1 amide bonds. The Labute approximate surface area is 111 Å². The van der Waals surface area contributed by atoms with E-state index in [9.17, 15) is 4.79 Å². The van der Waals surface area contributed by atoms with Gasteiger partial charge in [-0.1, -0.05) is 0 Å². The number of aryl methyl sites for hydroxylation is 1. The second kappa shape index (κ2) is 5.39. The van der Waals surface area contributed by atoms with E-state index in [1.165, 1.54) is 0 Å². The third kappa shape index (κ3) is 3.01. The fourth-order valence-electron chi connectivity index (χ4n) is 1.72. The third-order valence-electron chi connectivity index (χ3n) is 2.70. The van der Waals surface area contributed by atoms with Crippen LogP contribution in [0.25, 0.3) is 0 Å². The number of carbonyl (C=O) groups is 1. The van der Waals surface area contributed by atoms with Gasteiger partial charge in [0.15, 0.2) is 0 Å². The van der Waals surface area contributed by atoms with Crippen molar-refractivity contribution < 1.29 is 9.53 Å². The number of hydrogen-bond acceptors (Lipinski definition) is 4. The zero-order chi connectivity index (χ0) is 13.8. The van der Waals surface area contributed by atoms with Crippen molar-refractivity contribution in [1.29, 1.82) is 0 Å². The van der Waals surface area contributed by atoms with Crippen molar-refractivity contribution >= 4 is 17.3 Å². The number of nitrogens with two attached hydrogens (primary N) is 1. The lowest BCUT2D eigenvalue weighted by molar-refractivity contribution is 0.102. The highest BCUT2D eigenvalue weighted by atomic mass is 16.5. The van der Waals surface area contributed by atoms with Gasteiger partial charge in [0.2, 0.25) is 5.88 Å². The summed E-state index contributed by atoms with van der Waals surface area (Å²) in [6.07, 6.45) is 1.55. The van der Waals surface area contributed by atoms with Crippen molar-refractivity contribution in [2.24, 2.45) is 0 Å². The molecule has 5 nitrogen and oxygen atoms in total. The van der Waals surface area contributed by atoms with Crippen molar-refractivity contribution in [3.63, 3.8) is 0 Å². The zero-order valence-corrected chi connectivity index (χ0v) is 10.8. The number of aromatic nitrogens is 1. The minimum Gasteiger partial charge on any atom is -0.481 e. The number of nitrogens with one attached hydrogen (secondary N) is 1. The first kappa shape index (κ1) is 12.9. The molecule has 0 fully saturated rings. The monoisotopic (exact) mass is 257 g/mol. The van der Waals surface area contributed by atoms with Crippen LogP contribution in [0, 0.1) is 6.92 Å². The Morgan fingerprint density at radius 2 is 2.11 bits per heavy atom. The van der Waals surface area contributed by atoms with Crippen molar-refractivity contribution in [3.8, 4) is 5.88 Å². The Kier molecular flexibility index (Phi) is 3.66. The summed E-state index contributed by atoms with van der Waals surface area (Å²) in [5, 5.41) is 2.77. The first-order valence-electron chi connectivity index (χ1n) is 5.77. The minimum absolute atomic E-state index is 0.190. The molecular formula is C14H15N3O2. The average molecular weight is 257 g/mol. The summed E-state index contributed by atoms with van der Waals surface area (Å²) in [6, 6.07) is 8.59. The van der Waals surface area contributed by atoms with Crippen molar-refractivity contribution in [1.82, 2.24) is 4.98 Å². The molecule has 1 aromatic carbocycles. The predicted molar refractivity (Wildman–Crippen MR) is 74.3 cm³/mol. The maximum atomic E-state index is 12.1. The fourth-order valence-corrected chi connectivity index (χ4v) is 1.72. The van der Waals surface area contributed by atoms with Crippen LogP contribution >= 0.6 is 0 Å². The molecule has 0 spiro atoms. The SMILES string of the molecule is COc1ccc(NC(=O)c2ccc(N)cc2C)cn1. The van der Waals surface area contributed by atoms with E-state index in [1.54, 1.807) is 43.6 Å². The first-order chi connectivity index (χ1) is 9.10. The standard InChI is InChI=1S/C14H15N3O2/c1-9-7-10(15)3-5-12(9)14(18)17-11-4-6-13(19-2)16-8-11/h3-8H,15H2,1-2H3,(H,17,18). The molecule has 5 heteroatoms. The van der Waals surface area contributed by atoms with Crippen LogP contribution in [-0.4, -0.2) is 18.0 Å². The van der Waals surface area contributed by atoms with Gasteiger partial charge in [0.05, 0.1) is 19.0 Å². The lowest BCUT2D eigenvalue weighted by atomic mass is 10.1. The number of nitrogen functional groups attached to an aromatic ring is 1. The molecule has 3 N–H and O–H groups in total. The van der Waals surface area contributed by atoms with Gasteiger partial charge in [0.1, 0.15) is 0 Å². The molecule has 0 saturated heterocycles. The van der Waals surface area contributed by atoms with Gasteiger partial charge in [0, 0.05) is 17.3 Å². The van der Waals surface area contributed by atoms with Gasteiger partial charge < -0.3 is 15.8 Å². The summed E-state index contributed by atoms with van der Waals surface area (Å²) in [5.41, 5.74) is 8.33. The highest BCUT2D eigenvalue weighted by Gasteiger charge is 2.09. The van der Waals surface area contributed by atoms with E-state index in [0.717, 1.165) is 5.56 Å². The Hall–Kier alpha value is -2.56. The molecule has 0 unspecified atom stereocenters. The number of anilines is 2. The van der Waals surface area contributed by atoms with Crippen LogP contribution < -0.4 is 15.8 Å². The fraction of sp³-hybridized carbons (Fsp3) is 0.143. The van der Waals surface area contributed by atoms with Gasteiger partial charge in [-0.15, -0.1) is 0 Å². The van der Waals surface area contributed by atoms with E-state index in [1.807, 2.05) is 6.92 Å². The van der Waals surface area contributed by atoms with Gasteiger partial charge in [0.25, 0.3) is 5.91 Å². The molecule has 0 radical (unpaired) electrons. The number of hydrogen-bond donors (Lipinski definition) is 2. The second-order valence-electron chi connectivity index (χ2n) is 4.12. The molecule has 2 rings (SSSR count). The largest absolute Gasteiger partial charge is 0.481 e. The van der Waals surface area contributed by atoms with Crippen LogP contribution in [0.5, 0.6) is 5.88 Å². The molecular weight excluding hydrogens is 242 g/mol. The lowest BCUT2D eigenvalue weighted by Crippen LogP contribution is -2.13. The summed E-state index contributed by atoms with van der Waals surface area (Å²) in [5.74, 6) is 0.311. The summed E-state index contributed by atoms with van der Waals surface area (Å²) in [4.78, 5) is 16.1. The van der Waals surface area contributed by atoms with Crippen molar-refractivity contribution in [2.75, 3.05) is 18.2 Å². The van der Waals surface area contributed by atoms with E-state index in [-0.39, 0.29) is 5.91 Å². The molecule has 98 valence electrons. The number of ether oxygens (including phenoxy) is 1. The zero-order valence-electron chi connectivity index (χ0n) is 10.8. The van der Waals surface area contributed by atoms with Gasteiger partial charge in [-0.3, -0.25) is 4.79 Å². The van der Waals surface area contributed by atoms with E-state index in [0.29, 0.717) is 22.8 Å². The van der Waals surface area contributed by atoms with Gasteiger partial charge in [-0.05, 0) is 36.8 Å². The van der Waals surface area contributed by atoms with E-state index >= 15 is 0 Å². The Bertz CT molecular complexity index is 594. The van der Waals surface area contributed by atoms with Crippen LogP contribution in [0.2, 0.25) is 0 Å². The Morgan fingerprint density at radius 1 is 1.32 bits per heavy atom. The second-order valence-corrected chi connectivity index (χ2v) is 4.12. The van der Waals surface area contributed by atoms with Crippen molar-refractivity contribution in [2.45, 2.75) is 6.92 Å². The topological polar surface area (TPSA) is 77.2 Å². The molecule has 0 atom stereocenters. The summed E-state index contributed by atoms with van der Waals surface area (Å²) in [6.45, 7) is 1.84. The highest BCUT2D eigenvalue weighted by molar-refractivity contribution is 6.05. The lowest BCUT2D eigenvalue weighted by Gasteiger charge is -2.08. The molecule has 1 heterocycles. The number of benzene rings is 1. The minimum atomic E-state index is -0.190. The molecule has 1 aromatic heterocycles. The molecule has 0 aliphatic carbocycles. The van der Waals surface area contributed by atoms with Crippen molar-refractivity contribution in [3.05, 3.63) is 47.7 Å². The van der Waals surface area contributed by atoms with Crippen LogP contribution in [-0.2, 0) is 0 Å². The van der Waals surface area contributed by atoms with E-state index in [4.69, 9.17) is 10.5 Å². The number of carbonyl (C=O) groups excluding carboxylic acids is 1. The van der Waals surface area contributed by atoms with E-state index < -0.39 is 0 Å². The number of nitrogens with zero attached hydrogens (tertiary/aromatic N) is 1. The van der Waals surface area contributed by atoms with Crippen LogP contribution in [0.15, 0.2) is 36.5 Å². The summed E-state index contributed by atoms with van der Waals surface area (Å²) >= 11 is 0. The quantitative estimate of drug-likeness (QED) is 0.827. The molecule has 0 aliphatic heterocycles. The third-order valence-corrected chi connectivity index (χ3v) is 2.70. The normalized spacial score (nSPS) is 10.0.